The van der Waals surface area contributed by atoms with Crippen molar-refractivity contribution in [1.82, 2.24) is 24.8 Å². The molecule has 268 valence electrons. The number of carbonyl (C=O) groups excluding carboxylic acids is 1. The van der Waals surface area contributed by atoms with Gasteiger partial charge in [0.15, 0.2) is 0 Å². The molecule has 3 aromatic rings. The lowest BCUT2D eigenvalue weighted by Crippen LogP contribution is -2.51. The average Bonchev–Trinajstić information content (AvgIpc) is 3.76. The summed E-state index contributed by atoms with van der Waals surface area (Å²) in [6.07, 6.45) is 15.2. The average molecular weight is 699 g/mol. The van der Waals surface area contributed by atoms with Crippen LogP contribution in [0.4, 0.5) is 26.1 Å². The number of hydrogen-bond acceptors (Lipinski definition) is 10. The van der Waals surface area contributed by atoms with Gasteiger partial charge in [0.05, 0.1) is 41.1 Å². The molecule has 1 aromatic carbocycles. The fourth-order valence-electron chi connectivity index (χ4n) is 8.39. The van der Waals surface area contributed by atoms with Crippen molar-refractivity contribution >= 4 is 23.2 Å². The van der Waals surface area contributed by atoms with Gasteiger partial charge in [0.1, 0.15) is 48.9 Å². The van der Waals surface area contributed by atoms with Crippen molar-refractivity contribution in [3.8, 4) is 24.1 Å². The number of likely N-dealkylation sites (N-methyl/N-ethyl adjacent to an activating group) is 1. The van der Waals surface area contributed by atoms with Crippen molar-refractivity contribution in [2.75, 3.05) is 55.0 Å². The minimum atomic E-state index is -1.05. The van der Waals surface area contributed by atoms with E-state index in [1.807, 2.05) is 18.9 Å². The number of aromatic nitrogens is 4. The van der Waals surface area contributed by atoms with Crippen LogP contribution >= 0.6 is 0 Å². The van der Waals surface area contributed by atoms with Crippen molar-refractivity contribution < 1.29 is 23.0 Å². The second-order valence-electron chi connectivity index (χ2n) is 14.3. The van der Waals surface area contributed by atoms with Gasteiger partial charge in [0.25, 0.3) is 0 Å². The van der Waals surface area contributed by atoms with E-state index in [1.54, 1.807) is 23.2 Å². The molecule has 0 spiro atoms. The lowest BCUT2D eigenvalue weighted by molar-refractivity contribution is -0.129. The number of anilines is 3. The molecule has 13 heteroatoms. The molecule has 3 atom stereocenters. The van der Waals surface area contributed by atoms with Gasteiger partial charge in [-0.05, 0) is 56.9 Å². The minimum absolute atomic E-state index is 0.0323. The smallest absolute Gasteiger partial charge is 0.318 e. The summed E-state index contributed by atoms with van der Waals surface area (Å²) in [5.74, 6) is 3.82. The molecule has 0 radical (unpaired) electrons. The van der Waals surface area contributed by atoms with Gasteiger partial charge in [-0.1, -0.05) is 25.3 Å². The van der Waals surface area contributed by atoms with Crippen LogP contribution in [0.2, 0.25) is 0 Å². The summed E-state index contributed by atoms with van der Waals surface area (Å²) in [7, 11) is 1.84. The van der Waals surface area contributed by atoms with Crippen molar-refractivity contribution in [3.63, 3.8) is 0 Å². The number of hydrogen-bond donors (Lipinski definition) is 1. The minimum Gasteiger partial charge on any atom is -0.490 e. The summed E-state index contributed by atoms with van der Waals surface area (Å²) < 4.78 is 42.1. The van der Waals surface area contributed by atoms with E-state index in [2.05, 4.69) is 32.7 Å². The van der Waals surface area contributed by atoms with E-state index >= 15 is 0 Å². The predicted molar refractivity (Wildman–Crippen MR) is 190 cm³/mol. The van der Waals surface area contributed by atoms with Crippen molar-refractivity contribution in [2.24, 2.45) is 0 Å². The van der Waals surface area contributed by atoms with Gasteiger partial charge in [-0.2, -0.15) is 9.97 Å². The topological polar surface area (TPSA) is 109 Å². The Morgan fingerprint density at radius 3 is 2.86 bits per heavy atom. The maximum atomic E-state index is 14.9. The van der Waals surface area contributed by atoms with Gasteiger partial charge in [-0.3, -0.25) is 4.79 Å². The number of amides is 1. The van der Waals surface area contributed by atoms with Gasteiger partial charge < -0.3 is 29.5 Å². The maximum Gasteiger partial charge on any atom is 0.318 e. The van der Waals surface area contributed by atoms with Crippen LogP contribution in [0.1, 0.15) is 62.3 Å². The molecule has 11 nitrogen and oxygen atoms in total. The zero-order chi connectivity index (χ0) is 35.8. The van der Waals surface area contributed by atoms with E-state index in [9.17, 15) is 13.6 Å². The first kappa shape index (κ1) is 34.5. The number of ether oxygens (including phenoxy) is 2. The first-order chi connectivity index (χ1) is 24.6. The number of carbonyl (C=O) groups is 1. The van der Waals surface area contributed by atoms with Crippen LogP contribution < -0.4 is 24.6 Å². The van der Waals surface area contributed by atoms with E-state index in [0.717, 1.165) is 43.4 Å². The highest BCUT2D eigenvalue weighted by atomic mass is 19.1. The van der Waals surface area contributed by atoms with Crippen molar-refractivity contribution in [3.05, 3.63) is 66.0 Å². The molecule has 2 aliphatic carbocycles. The van der Waals surface area contributed by atoms with Gasteiger partial charge in [-0.25, -0.2) is 18.7 Å². The third-order valence-corrected chi connectivity index (χ3v) is 11.2. The van der Waals surface area contributed by atoms with Crippen LogP contribution in [0, 0.1) is 18.2 Å². The molecule has 2 aliphatic heterocycles. The molecule has 4 aliphatic rings. The Morgan fingerprint density at radius 2 is 2.12 bits per heavy atom. The summed E-state index contributed by atoms with van der Waals surface area (Å²) in [6.45, 7) is 7.49. The van der Waals surface area contributed by atoms with Gasteiger partial charge >= 0.3 is 6.01 Å². The number of terminal acetylenes is 1. The predicted octanol–water partition coefficient (Wildman–Crippen LogP) is 4.90. The van der Waals surface area contributed by atoms with E-state index in [-0.39, 0.29) is 48.6 Å². The van der Waals surface area contributed by atoms with Gasteiger partial charge in [-0.15, -0.1) is 6.42 Å². The van der Waals surface area contributed by atoms with E-state index in [1.165, 1.54) is 18.5 Å². The molecule has 51 heavy (non-hydrogen) atoms. The summed E-state index contributed by atoms with van der Waals surface area (Å²) in [5, 5.41) is 3.61. The maximum absolute atomic E-state index is 14.9. The molecular formula is C38H44F2N8O3. The first-order valence-electron chi connectivity index (χ1n) is 17.7. The Labute approximate surface area is 297 Å². The number of benzene rings is 1. The number of halogens is 2. The Hall–Kier alpha value is -4.99. The summed E-state index contributed by atoms with van der Waals surface area (Å²) >= 11 is 0. The number of fused-ring (bicyclic) bond motifs is 2. The van der Waals surface area contributed by atoms with Crippen LogP contribution in [0.3, 0.4) is 0 Å². The Bertz CT molecular complexity index is 1830. The van der Waals surface area contributed by atoms with Crippen molar-refractivity contribution in [2.45, 2.75) is 81.6 Å². The highest BCUT2D eigenvalue weighted by Gasteiger charge is 2.45. The zero-order valence-corrected chi connectivity index (χ0v) is 29.2. The second kappa shape index (κ2) is 14.0. The number of alkyl halides is 1. The summed E-state index contributed by atoms with van der Waals surface area (Å²) in [4.78, 5) is 36.9. The fraction of sp³-hybridized carbons (Fsp3) is 0.500. The van der Waals surface area contributed by atoms with Crippen LogP contribution in [0.15, 0.2) is 43.4 Å². The molecule has 7 rings (SSSR count). The van der Waals surface area contributed by atoms with Crippen molar-refractivity contribution in [1.29, 1.82) is 0 Å². The zero-order valence-electron chi connectivity index (χ0n) is 29.2. The molecule has 1 amide bonds. The number of rotatable bonds is 10. The Morgan fingerprint density at radius 1 is 1.29 bits per heavy atom. The molecule has 1 saturated heterocycles. The molecule has 2 aromatic heterocycles. The first-order valence-corrected chi connectivity index (χ1v) is 17.7. The van der Waals surface area contributed by atoms with Gasteiger partial charge in [0, 0.05) is 44.2 Å². The van der Waals surface area contributed by atoms with Crippen LogP contribution in [0.5, 0.6) is 11.8 Å². The molecule has 0 bridgehead atoms. The Balaban J connectivity index is 1.20. The van der Waals surface area contributed by atoms with E-state index in [0.29, 0.717) is 55.6 Å². The summed E-state index contributed by atoms with van der Waals surface area (Å²) in [6, 6.07) is 4.89. The quantitative estimate of drug-likeness (QED) is 0.232. The monoisotopic (exact) mass is 698 g/mol. The molecule has 0 unspecified atom stereocenters. The van der Waals surface area contributed by atoms with Gasteiger partial charge in [0.2, 0.25) is 5.91 Å². The largest absolute Gasteiger partial charge is 0.490 e. The second-order valence-corrected chi connectivity index (χ2v) is 14.3. The third kappa shape index (κ3) is 6.52. The highest BCUT2D eigenvalue weighted by molar-refractivity contribution is 5.87. The highest BCUT2D eigenvalue weighted by Crippen LogP contribution is 2.41. The third-order valence-electron chi connectivity index (χ3n) is 11.2. The molecule has 1 saturated carbocycles. The number of nitrogens with zero attached hydrogens (tertiary/aromatic N) is 7. The van der Waals surface area contributed by atoms with E-state index in [4.69, 9.17) is 25.9 Å². The van der Waals surface area contributed by atoms with Crippen LogP contribution in [0.25, 0.3) is 0 Å². The summed E-state index contributed by atoms with van der Waals surface area (Å²) in [5.41, 5.74) is 1.48. The molecule has 4 heterocycles. The molecule has 1 N–H and O–H groups in total. The lowest BCUT2D eigenvalue weighted by Gasteiger charge is -2.41. The molecular weight excluding hydrogens is 654 g/mol. The van der Waals surface area contributed by atoms with E-state index < -0.39 is 17.5 Å². The lowest BCUT2D eigenvalue weighted by atomic mass is 9.89. The fourth-order valence-corrected chi connectivity index (χ4v) is 8.39. The molecule has 2 fully saturated rings. The Kier molecular flexibility index (Phi) is 9.44. The normalized spacial score (nSPS) is 23.4. The van der Waals surface area contributed by atoms with Crippen LogP contribution in [-0.4, -0.2) is 93.9 Å². The standard InChI is InChI=1S/C38H44F2N8O3/c1-5-27-29(40)11-12-31-34(27)47(17-18-50-31)26-9-10-28-30(19-26)44-36(45-35(28)42-22-38(14-7-8-15-38)46(4)33(49)6-2)51-23-37(3)20-25(39)21-48(37)32-13-16-41-24-43-32/h1,6,11-13,16,24-26H,2,7-10,14-15,17-23H2,3-4H3,(H,42,44,45)/t25-,26+,37+/m1/s1. The number of nitrogens with one attached hydrogen (secondary N) is 1. The SMILES string of the molecule is C#Cc1c(F)ccc2c1N([C@H]1CCc3c(nc(OC[C@]4(C)C[C@@H](F)CN4c4ccncn4)nc3NCC3(N(C)C(=O)C=C)CCCC3)C1)CCO2. The van der Waals surface area contributed by atoms with Crippen LogP contribution in [-0.2, 0) is 17.6 Å².